The van der Waals surface area contributed by atoms with Crippen LogP contribution in [0.4, 0.5) is 4.79 Å². The van der Waals surface area contributed by atoms with E-state index < -0.39 is 6.09 Å². The molecule has 0 bridgehead atoms. The molecular formula is C23H43NO3. The third-order valence-corrected chi connectivity index (χ3v) is 5.81. The van der Waals surface area contributed by atoms with Crippen LogP contribution < -0.4 is 5.32 Å². The highest BCUT2D eigenvalue weighted by Gasteiger charge is 2.23. The van der Waals surface area contributed by atoms with E-state index in [2.05, 4.69) is 12.2 Å². The van der Waals surface area contributed by atoms with Gasteiger partial charge < -0.3 is 10.1 Å². The Balaban J connectivity index is 2.02. The first-order chi connectivity index (χ1) is 13.1. The van der Waals surface area contributed by atoms with Crippen LogP contribution in [0, 0.1) is 5.92 Å². The number of rotatable bonds is 15. The molecular weight excluding hydrogens is 338 g/mol. The summed E-state index contributed by atoms with van der Waals surface area (Å²) in [6, 6.07) is -0.381. The SMILES string of the molecule is CCCCCCCCCCCCOC(=O)N[C@@H](CC1CCCCC1)C(C)=O. The fourth-order valence-electron chi connectivity index (χ4n) is 4.02. The maximum absolute atomic E-state index is 12.0. The largest absolute Gasteiger partial charge is 0.450 e. The van der Waals surface area contributed by atoms with Crippen molar-refractivity contribution >= 4 is 11.9 Å². The molecule has 1 atom stereocenters. The molecule has 0 spiro atoms. The highest BCUT2D eigenvalue weighted by atomic mass is 16.5. The lowest BCUT2D eigenvalue weighted by molar-refractivity contribution is -0.119. The normalized spacial score (nSPS) is 16.1. The van der Waals surface area contributed by atoms with Gasteiger partial charge in [-0.2, -0.15) is 0 Å². The average molecular weight is 382 g/mol. The van der Waals surface area contributed by atoms with Crippen molar-refractivity contribution in [2.45, 2.75) is 123 Å². The summed E-state index contributed by atoms with van der Waals surface area (Å²) in [4.78, 5) is 23.8. The number of nitrogens with one attached hydrogen (secondary N) is 1. The number of unbranched alkanes of at least 4 members (excludes halogenated alkanes) is 9. The molecule has 0 aromatic rings. The predicted octanol–water partition coefficient (Wildman–Crippen LogP) is 6.56. The molecule has 27 heavy (non-hydrogen) atoms. The van der Waals surface area contributed by atoms with E-state index >= 15 is 0 Å². The van der Waals surface area contributed by atoms with Crippen LogP contribution in [-0.4, -0.2) is 24.5 Å². The summed E-state index contributed by atoms with van der Waals surface area (Å²) in [5.74, 6) is 0.603. The van der Waals surface area contributed by atoms with Crippen molar-refractivity contribution in [2.75, 3.05) is 6.61 Å². The van der Waals surface area contributed by atoms with Gasteiger partial charge in [0.25, 0.3) is 0 Å². The van der Waals surface area contributed by atoms with Crippen molar-refractivity contribution in [2.24, 2.45) is 5.92 Å². The molecule has 4 nitrogen and oxygen atoms in total. The van der Waals surface area contributed by atoms with Gasteiger partial charge in [-0.3, -0.25) is 4.79 Å². The van der Waals surface area contributed by atoms with E-state index in [4.69, 9.17) is 4.74 Å². The lowest BCUT2D eigenvalue weighted by atomic mass is 9.84. The number of carbonyl (C=O) groups excluding carboxylic acids is 2. The number of alkyl carbamates (subject to hydrolysis) is 1. The monoisotopic (exact) mass is 381 g/mol. The molecule has 0 saturated heterocycles. The topological polar surface area (TPSA) is 55.4 Å². The van der Waals surface area contributed by atoms with E-state index in [0.29, 0.717) is 12.5 Å². The third kappa shape index (κ3) is 12.9. The van der Waals surface area contributed by atoms with E-state index in [1.54, 1.807) is 6.92 Å². The molecule has 0 unspecified atom stereocenters. The van der Waals surface area contributed by atoms with Crippen LogP contribution in [0.3, 0.4) is 0 Å². The van der Waals surface area contributed by atoms with Gasteiger partial charge in [0.1, 0.15) is 0 Å². The lowest BCUT2D eigenvalue weighted by Gasteiger charge is -2.25. The van der Waals surface area contributed by atoms with E-state index in [0.717, 1.165) is 19.3 Å². The van der Waals surface area contributed by atoms with Gasteiger partial charge >= 0.3 is 6.09 Å². The fraction of sp³-hybridized carbons (Fsp3) is 0.913. The molecule has 0 radical (unpaired) electrons. The first-order valence-corrected chi connectivity index (χ1v) is 11.6. The summed E-state index contributed by atoms with van der Waals surface area (Å²) in [5, 5.41) is 2.79. The number of ether oxygens (including phenoxy) is 1. The minimum absolute atomic E-state index is 0.0384. The van der Waals surface area contributed by atoms with Crippen molar-refractivity contribution in [3.8, 4) is 0 Å². The second-order valence-electron chi connectivity index (χ2n) is 8.37. The standard InChI is InChI=1S/C23H43NO3/c1-3-4-5-6-7-8-9-10-11-15-18-27-23(26)24-22(20(2)25)19-21-16-13-12-14-17-21/h21-22H,3-19H2,1-2H3,(H,24,26)/t22-/m0/s1. The van der Waals surface area contributed by atoms with Crippen LogP contribution >= 0.6 is 0 Å². The lowest BCUT2D eigenvalue weighted by Crippen LogP contribution is -2.41. The van der Waals surface area contributed by atoms with E-state index in [1.807, 2.05) is 0 Å². The average Bonchev–Trinajstić information content (AvgIpc) is 2.66. The van der Waals surface area contributed by atoms with Gasteiger partial charge in [-0.25, -0.2) is 4.79 Å². The molecule has 0 heterocycles. The molecule has 1 aliphatic rings. The van der Waals surface area contributed by atoms with Crippen LogP contribution in [-0.2, 0) is 9.53 Å². The first kappa shape index (κ1) is 24.0. The van der Waals surface area contributed by atoms with Gasteiger partial charge in [-0.15, -0.1) is 0 Å². The van der Waals surface area contributed by atoms with Crippen LogP contribution in [0.15, 0.2) is 0 Å². The smallest absolute Gasteiger partial charge is 0.407 e. The Morgan fingerprint density at radius 2 is 1.44 bits per heavy atom. The molecule has 1 aliphatic carbocycles. The quantitative estimate of drug-likeness (QED) is 0.327. The Hall–Kier alpha value is -1.06. The summed E-state index contributed by atoms with van der Waals surface area (Å²) < 4.78 is 5.28. The Morgan fingerprint density at radius 1 is 0.889 bits per heavy atom. The minimum atomic E-state index is -0.429. The Morgan fingerprint density at radius 3 is 2.00 bits per heavy atom. The number of ketones is 1. The molecule has 1 fully saturated rings. The molecule has 4 heteroatoms. The van der Waals surface area contributed by atoms with E-state index in [-0.39, 0.29) is 11.8 Å². The highest BCUT2D eigenvalue weighted by Crippen LogP contribution is 2.27. The fourth-order valence-corrected chi connectivity index (χ4v) is 4.02. The molecule has 1 N–H and O–H groups in total. The summed E-state index contributed by atoms with van der Waals surface area (Å²) in [6.45, 7) is 4.27. The van der Waals surface area contributed by atoms with Gasteiger partial charge in [0.05, 0.1) is 12.6 Å². The first-order valence-electron chi connectivity index (χ1n) is 11.6. The molecule has 0 aromatic carbocycles. The zero-order chi connectivity index (χ0) is 19.7. The van der Waals surface area contributed by atoms with E-state index in [1.165, 1.54) is 83.5 Å². The molecule has 158 valence electrons. The van der Waals surface area contributed by atoms with Gasteiger partial charge in [0.2, 0.25) is 0 Å². The van der Waals surface area contributed by atoms with Crippen molar-refractivity contribution in [3.63, 3.8) is 0 Å². The van der Waals surface area contributed by atoms with Crippen LogP contribution in [0.2, 0.25) is 0 Å². The second kappa shape index (κ2) is 15.9. The van der Waals surface area contributed by atoms with Gasteiger partial charge in [0, 0.05) is 0 Å². The summed E-state index contributed by atoms with van der Waals surface area (Å²) >= 11 is 0. The van der Waals surface area contributed by atoms with Crippen molar-refractivity contribution in [3.05, 3.63) is 0 Å². The third-order valence-electron chi connectivity index (χ3n) is 5.81. The Labute approximate surface area is 167 Å². The van der Waals surface area contributed by atoms with Gasteiger partial charge in [-0.05, 0) is 25.7 Å². The molecule has 0 aliphatic heterocycles. The number of carbonyl (C=O) groups is 2. The van der Waals surface area contributed by atoms with Crippen LogP contribution in [0.25, 0.3) is 0 Å². The molecule has 1 rings (SSSR count). The summed E-state index contributed by atoms with van der Waals surface area (Å²) in [7, 11) is 0. The highest BCUT2D eigenvalue weighted by molar-refractivity contribution is 5.85. The molecule has 0 aromatic heterocycles. The minimum Gasteiger partial charge on any atom is -0.450 e. The summed E-state index contributed by atoms with van der Waals surface area (Å²) in [5.41, 5.74) is 0. The molecule has 1 saturated carbocycles. The van der Waals surface area contributed by atoms with Crippen molar-refractivity contribution in [1.29, 1.82) is 0 Å². The van der Waals surface area contributed by atoms with Crippen molar-refractivity contribution in [1.82, 2.24) is 5.32 Å². The zero-order valence-electron chi connectivity index (χ0n) is 17.9. The number of hydrogen-bond acceptors (Lipinski definition) is 3. The summed E-state index contributed by atoms with van der Waals surface area (Å²) in [6.07, 6.45) is 19.1. The van der Waals surface area contributed by atoms with E-state index in [9.17, 15) is 9.59 Å². The van der Waals surface area contributed by atoms with Crippen molar-refractivity contribution < 1.29 is 14.3 Å². The number of hydrogen-bond donors (Lipinski definition) is 1. The number of Topliss-reactive ketones (excluding diaryl/α,β-unsaturated/α-hetero) is 1. The van der Waals surface area contributed by atoms with Gasteiger partial charge in [0.15, 0.2) is 5.78 Å². The molecule has 1 amide bonds. The van der Waals surface area contributed by atoms with Crippen LogP contribution in [0.5, 0.6) is 0 Å². The number of amides is 1. The maximum Gasteiger partial charge on any atom is 0.407 e. The second-order valence-corrected chi connectivity index (χ2v) is 8.37. The van der Waals surface area contributed by atoms with Crippen LogP contribution in [0.1, 0.15) is 117 Å². The zero-order valence-corrected chi connectivity index (χ0v) is 17.9. The van der Waals surface area contributed by atoms with Gasteiger partial charge in [-0.1, -0.05) is 96.8 Å². The predicted molar refractivity (Wildman–Crippen MR) is 112 cm³/mol. The maximum atomic E-state index is 12.0. The Kier molecular flexibility index (Phi) is 14.2. The Bertz CT molecular complexity index is 391.